The third-order valence-corrected chi connectivity index (χ3v) is 3.42. The highest BCUT2D eigenvalue weighted by atomic mass is 32.1. The number of carbonyl (C=O) groups excluding carboxylic acids is 1. The number of amides is 2. The molecule has 0 radical (unpaired) electrons. The molecule has 0 aliphatic carbocycles. The second kappa shape index (κ2) is 7.49. The van der Waals surface area contributed by atoms with Gasteiger partial charge in [0.25, 0.3) is 0 Å². The molecule has 1 unspecified atom stereocenters. The first-order valence-electron chi connectivity index (χ1n) is 5.88. The second-order valence-corrected chi connectivity index (χ2v) is 5.24. The van der Waals surface area contributed by atoms with Crippen LogP contribution in [0, 0.1) is 0 Å². The number of aliphatic carboxylic acids is 2. The van der Waals surface area contributed by atoms with Crippen LogP contribution >= 0.6 is 11.3 Å². The normalized spacial score (nSPS) is 11.7. The standard InChI is InChI=1S/C12H16N2O5S/c1-14(7-8-3-2-6-20-8)12(19)13-9(11(17)18)4-5-10(15)16/h2-3,6,9H,4-5,7H2,1H3,(H,13,19)(H,15,16)(H,17,18). The van der Waals surface area contributed by atoms with Crippen LogP contribution in [0.2, 0.25) is 0 Å². The molecule has 0 spiro atoms. The van der Waals surface area contributed by atoms with Gasteiger partial charge in [0.2, 0.25) is 0 Å². The van der Waals surface area contributed by atoms with Gasteiger partial charge >= 0.3 is 18.0 Å². The SMILES string of the molecule is CN(Cc1cccs1)C(=O)NC(CCC(=O)O)C(=O)O. The summed E-state index contributed by atoms with van der Waals surface area (Å²) in [5.74, 6) is -2.35. The average molecular weight is 300 g/mol. The zero-order valence-corrected chi connectivity index (χ0v) is 11.7. The molecule has 0 saturated carbocycles. The van der Waals surface area contributed by atoms with Gasteiger partial charge in [0.05, 0.1) is 6.54 Å². The molecule has 0 aliphatic heterocycles. The lowest BCUT2D eigenvalue weighted by atomic mass is 10.1. The van der Waals surface area contributed by atoms with Gasteiger partial charge in [-0.1, -0.05) is 6.07 Å². The number of carboxylic acid groups (broad SMARTS) is 2. The predicted octanol–water partition coefficient (Wildman–Crippen LogP) is 1.21. The summed E-state index contributed by atoms with van der Waals surface area (Å²) in [5.41, 5.74) is 0. The Morgan fingerprint density at radius 1 is 1.40 bits per heavy atom. The summed E-state index contributed by atoms with van der Waals surface area (Å²) in [7, 11) is 1.55. The molecule has 3 N–H and O–H groups in total. The predicted molar refractivity (Wildman–Crippen MR) is 72.6 cm³/mol. The molecule has 1 heterocycles. The Kier molecular flexibility index (Phi) is 5.98. The molecular weight excluding hydrogens is 284 g/mol. The lowest BCUT2D eigenvalue weighted by molar-refractivity contribution is -0.140. The van der Waals surface area contributed by atoms with Gasteiger partial charge in [0.15, 0.2) is 0 Å². The topological polar surface area (TPSA) is 107 Å². The van der Waals surface area contributed by atoms with Crippen molar-refractivity contribution in [3.8, 4) is 0 Å². The first-order valence-corrected chi connectivity index (χ1v) is 6.76. The summed E-state index contributed by atoms with van der Waals surface area (Å²) in [6.45, 7) is 0.370. The van der Waals surface area contributed by atoms with Crippen LogP contribution in [0.25, 0.3) is 0 Å². The fourth-order valence-electron chi connectivity index (χ4n) is 1.49. The Morgan fingerprint density at radius 3 is 2.60 bits per heavy atom. The summed E-state index contributed by atoms with van der Waals surface area (Å²) < 4.78 is 0. The van der Waals surface area contributed by atoms with Crippen molar-refractivity contribution < 1.29 is 24.6 Å². The highest BCUT2D eigenvalue weighted by Gasteiger charge is 2.22. The quantitative estimate of drug-likeness (QED) is 0.701. The van der Waals surface area contributed by atoms with Crippen molar-refractivity contribution in [2.45, 2.75) is 25.4 Å². The van der Waals surface area contributed by atoms with Crippen LogP contribution < -0.4 is 5.32 Å². The van der Waals surface area contributed by atoms with Crippen molar-refractivity contribution in [1.29, 1.82) is 0 Å². The maximum atomic E-state index is 11.8. The highest BCUT2D eigenvalue weighted by molar-refractivity contribution is 7.09. The number of thiophene rings is 1. The Morgan fingerprint density at radius 2 is 2.10 bits per heavy atom. The van der Waals surface area contributed by atoms with Crippen LogP contribution in [-0.4, -0.2) is 46.2 Å². The minimum Gasteiger partial charge on any atom is -0.481 e. The van der Waals surface area contributed by atoms with E-state index >= 15 is 0 Å². The molecule has 2 amide bonds. The van der Waals surface area contributed by atoms with Crippen LogP contribution in [0.4, 0.5) is 4.79 Å². The van der Waals surface area contributed by atoms with E-state index in [1.165, 1.54) is 16.2 Å². The first kappa shape index (κ1) is 16.0. The molecule has 1 aromatic rings. The van der Waals surface area contributed by atoms with Gasteiger partial charge in [-0.05, 0) is 17.9 Å². The van der Waals surface area contributed by atoms with Gasteiger partial charge in [0, 0.05) is 18.3 Å². The maximum Gasteiger partial charge on any atom is 0.326 e. The van der Waals surface area contributed by atoms with Crippen molar-refractivity contribution >= 4 is 29.3 Å². The third kappa shape index (κ3) is 5.27. The minimum absolute atomic E-state index is 0.150. The van der Waals surface area contributed by atoms with Crippen LogP contribution in [0.15, 0.2) is 17.5 Å². The van der Waals surface area contributed by atoms with Gasteiger partial charge < -0.3 is 20.4 Å². The van der Waals surface area contributed by atoms with Crippen LogP contribution in [0.5, 0.6) is 0 Å². The average Bonchev–Trinajstić information content (AvgIpc) is 2.86. The molecule has 110 valence electrons. The Bertz CT molecular complexity index is 474. The van der Waals surface area contributed by atoms with E-state index in [0.717, 1.165) is 4.88 Å². The fourth-order valence-corrected chi connectivity index (χ4v) is 2.25. The Labute approximate surface area is 119 Å². The lowest BCUT2D eigenvalue weighted by Gasteiger charge is -2.20. The number of rotatable bonds is 7. The van der Waals surface area contributed by atoms with Gasteiger partial charge in [0.1, 0.15) is 6.04 Å². The van der Waals surface area contributed by atoms with E-state index in [1.54, 1.807) is 7.05 Å². The molecule has 0 saturated heterocycles. The minimum atomic E-state index is -1.25. The molecule has 0 bridgehead atoms. The van der Waals surface area contributed by atoms with E-state index in [0.29, 0.717) is 6.54 Å². The summed E-state index contributed by atoms with van der Waals surface area (Å²) in [4.78, 5) is 35.6. The summed E-state index contributed by atoms with van der Waals surface area (Å²) in [5, 5.41) is 21.7. The molecule has 0 fully saturated rings. The Balaban J connectivity index is 2.52. The fraction of sp³-hybridized carbons (Fsp3) is 0.417. The van der Waals surface area contributed by atoms with Crippen molar-refractivity contribution in [2.75, 3.05) is 7.05 Å². The third-order valence-electron chi connectivity index (χ3n) is 2.56. The van der Waals surface area contributed by atoms with Gasteiger partial charge in [-0.3, -0.25) is 4.79 Å². The zero-order valence-electron chi connectivity index (χ0n) is 10.9. The molecule has 0 aromatic carbocycles. The number of urea groups is 1. The molecular formula is C12H16N2O5S. The summed E-state index contributed by atoms with van der Waals surface area (Å²) in [6, 6.07) is 1.98. The number of nitrogens with zero attached hydrogens (tertiary/aromatic N) is 1. The van der Waals surface area contributed by atoms with E-state index in [9.17, 15) is 14.4 Å². The van der Waals surface area contributed by atoms with Crippen molar-refractivity contribution in [2.24, 2.45) is 0 Å². The maximum absolute atomic E-state index is 11.8. The van der Waals surface area contributed by atoms with E-state index in [4.69, 9.17) is 10.2 Å². The van der Waals surface area contributed by atoms with E-state index < -0.39 is 24.0 Å². The van der Waals surface area contributed by atoms with Gasteiger partial charge in [-0.2, -0.15) is 0 Å². The number of nitrogens with one attached hydrogen (secondary N) is 1. The monoisotopic (exact) mass is 300 g/mol. The second-order valence-electron chi connectivity index (χ2n) is 4.21. The summed E-state index contributed by atoms with van der Waals surface area (Å²) in [6.07, 6.45) is -0.463. The smallest absolute Gasteiger partial charge is 0.326 e. The van der Waals surface area contributed by atoms with E-state index in [1.807, 2.05) is 17.5 Å². The largest absolute Gasteiger partial charge is 0.481 e. The summed E-state index contributed by atoms with van der Waals surface area (Å²) >= 11 is 1.49. The zero-order chi connectivity index (χ0) is 15.1. The van der Waals surface area contributed by atoms with E-state index in [2.05, 4.69) is 5.32 Å². The van der Waals surface area contributed by atoms with E-state index in [-0.39, 0.29) is 12.8 Å². The molecule has 1 rings (SSSR count). The van der Waals surface area contributed by atoms with Gasteiger partial charge in [-0.15, -0.1) is 11.3 Å². The Hall–Kier alpha value is -2.09. The number of carboxylic acids is 2. The van der Waals surface area contributed by atoms with Crippen molar-refractivity contribution in [3.05, 3.63) is 22.4 Å². The number of carbonyl (C=O) groups is 3. The highest BCUT2D eigenvalue weighted by Crippen LogP contribution is 2.11. The van der Waals surface area contributed by atoms with Crippen LogP contribution in [0.1, 0.15) is 17.7 Å². The first-order chi connectivity index (χ1) is 9.40. The lowest BCUT2D eigenvalue weighted by Crippen LogP contribution is -2.46. The molecule has 7 nitrogen and oxygen atoms in total. The van der Waals surface area contributed by atoms with Crippen LogP contribution in [-0.2, 0) is 16.1 Å². The molecule has 1 atom stereocenters. The number of hydrogen-bond acceptors (Lipinski definition) is 4. The number of hydrogen-bond donors (Lipinski definition) is 3. The van der Waals surface area contributed by atoms with Gasteiger partial charge in [-0.25, -0.2) is 9.59 Å². The molecule has 0 aliphatic rings. The van der Waals surface area contributed by atoms with Crippen LogP contribution in [0.3, 0.4) is 0 Å². The molecule has 8 heteroatoms. The molecule has 1 aromatic heterocycles. The molecule has 20 heavy (non-hydrogen) atoms. The van der Waals surface area contributed by atoms with Crippen molar-refractivity contribution in [1.82, 2.24) is 10.2 Å². The van der Waals surface area contributed by atoms with Crippen molar-refractivity contribution in [3.63, 3.8) is 0 Å².